The molecule has 7 nitrogen and oxygen atoms in total. The Bertz CT molecular complexity index is 1240. The molecule has 2 aromatic carbocycles. The van der Waals surface area contributed by atoms with Gasteiger partial charge in [-0.1, -0.05) is 47.7 Å². The molecular formula is C24H23N5O2S. The summed E-state index contributed by atoms with van der Waals surface area (Å²) in [5.74, 6) is 1.25. The maximum atomic E-state index is 12.6. The molecule has 0 spiro atoms. The van der Waals surface area contributed by atoms with Gasteiger partial charge < -0.3 is 10.1 Å². The van der Waals surface area contributed by atoms with Crippen molar-refractivity contribution in [2.75, 3.05) is 18.2 Å². The van der Waals surface area contributed by atoms with Crippen LogP contribution >= 0.6 is 11.8 Å². The van der Waals surface area contributed by atoms with Crippen LogP contribution in [-0.4, -0.2) is 38.5 Å². The number of carbonyl (C=O) groups is 1. The minimum atomic E-state index is -0.158. The summed E-state index contributed by atoms with van der Waals surface area (Å²) in [4.78, 5) is 17.1. The lowest BCUT2D eigenvalue weighted by Crippen LogP contribution is -2.15. The van der Waals surface area contributed by atoms with E-state index >= 15 is 0 Å². The number of aromatic nitrogens is 4. The van der Waals surface area contributed by atoms with Crippen molar-refractivity contribution in [1.82, 2.24) is 19.7 Å². The second kappa shape index (κ2) is 9.65. The van der Waals surface area contributed by atoms with E-state index in [1.54, 1.807) is 25.4 Å². The fraction of sp³-hybridized carbons (Fsp3) is 0.167. The highest BCUT2D eigenvalue weighted by molar-refractivity contribution is 7.99. The highest BCUT2D eigenvalue weighted by Gasteiger charge is 2.19. The number of hydrogen-bond donors (Lipinski definition) is 1. The predicted octanol–water partition coefficient (Wildman–Crippen LogP) is 4.69. The van der Waals surface area contributed by atoms with Gasteiger partial charge in [-0.15, -0.1) is 10.2 Å². The van der Waals surface area contributed by atoms with Gasteiger partial charge in [0.2, 0.25) is 5.91 Å². The molecule has 0 saturated heterocycles. The minimum absolute atomic E-state index is 0.158. The highest BCUT2D eigenvalue weighted by atomic mass is 32.2. The Morgan fingerprint density at radius 1 is 1.06 bits per heavy atom. The van der Waals surface area contributed by atoms with Gasteiger partial charge in [0.05, 0.1) is 24.2 Å². The lowest BCUT2D eigenvalue weighted by atomic mass is 10.1. The van der Waals surface area contributed by atoms with Crippen molar-refractivity contribution in [3.05, 3.63) is 78.0 Å². The number of thioether (sulfide) groups is 1. The van der Waals surface area contributed by atoms with Crippen molar-refractivity contribution in [3.8, 4) is 23.0 Å². The summed E-state index contributed by atoms with van der Waals surface area (Å²) in [5.41, 5.74) is 4.55. The molecule has 2 aromatic heterocycles. The summed E-state index contributed by atoms with van der Waals surface area (Å²) in [7, 11) is 1.57. The molecular weight excluding hydrogens is 422 g/mol. The molecule has 4 rings (SSSR count). The van der Waals surface area contributed by atoms with E-state index in [1.807, 2.05) is 54.0 Å². The van der Waals surface area contributed by atoms with Crippen molar-refractivity contribution < 1.29 is 9.53 Å². The summed E-state index contributed by atoms with van der Waals surface area (Å²) in [6.45, 7) is 4.10. The van der Waals surface area contributed by atoms with E-state index in [0.29, 0.717) is 28.1 Å². The number of amides is 1. The number of pyridine rings is 1. The largest absolute Gasteiger partial charge is 0.495 e. The van der Waals surface area contributed by atoms with Crippen LogP contribution in [0.2, 0.25) is 0 Å². The molecule has 0 aliphatic heterocycles. The molecule has 162 valence electrons. The van der Waals surface area contributed by atoms with Crippen LogP contribution in [0.25, 0.3) is 17.2 Å². The average Bonchev–Trinajstić information content (AvgIpc) is 3.22. The van der Waals surface area contributed by atoms with E-state index in [2.05, 4.69) is 33.5 Å². The third-order valence-corrected chi connectivity index (χ3v) is 5.76. The Kier molecular flexibility index (Phi) is 6.51. The Labute approximate surface area is 190 Å². The van der Waals surface area contributed by atoms with Gasteiger partial charge in [-0.05, 0) is 49.7 Å². The van der Waals surface area contributed by atoms with Crippen LogP contribution in [0.3, 0.4) is 0 Å². The Morgan fingerprint density at radius 3 is 2.62 bits per heavy atom. The van der Waals surface area contributed by atoms with Gasteiger partial charge in [0.1, 0.15) is 11.4 Å². The molecule has 4 aromatic rings. The van der Waals surface area contributed by atoms with Crippen LogP contribution in [0.15, 0.2) is 72.0 Å². The number of aryl methyl sites for hydroxylation is 2. The smallest absolute Gasteiger partial charge is 0.234 e. The lowest BCUT2D eigenvalue weighted by Gasteiger charge is -2.13. The Balaban J connectivity index is 1.63. The monoisotopic (exact) mass is 445 g/mol. The topological polar surface area (TPSA) is 81.9 Å². The maximum absolute atomic E-state index is 12.6. The Morgan fingerprint density at radius 2 is 1.88 bits per heavy atom. The van der Waals surface area contributed by atoms with E-state index in [1.165, 1.54) is 17.3 Å². The second-order valence-corrected chi connectivity index (χ2v) is 8.13. The van der Waals surface area contributed by atoms with Gasteiger partial charge in [-0.25, -0.2) is 0 Å². The molecule has 0 aliphatic rings. The van der Waals surface area contributed by atoms with E-state index in [4.69, 9.17) is 4.74 Å². The summed E-state index contributed by atoms with van der Waals surface area (Å²) < 4.78 is 7.26. The molecule has 0 bridgehead atoms. The van der Waals surface area contributed by atoms with E-state index in [0.717, 1.165) is 11.3 Å². The first kappa shape index (κ1) is 21.6. The fourth-order valence-corrected chi connectivity index (χ4v) is 4.11. The zero-order valence-electron chi connectivity index (χ0n) is 18.1. The van der Waals surface area contributed by atoms with Crippen molar-refractivity contribution >= 4 is 23.4 Å². The molecule has 0 unspecified atom stereocenters. The van der Waals surface area contributed by atoms with E-state index < -0.39 is 0 Å². The number of carbonyl (C=O) groups excluding carboxylic acids is 1. The summed E-state index contributed by atoms with van der Waals surface area (Å²) in [6.07, 6.45) is 1.73. The van der Waals surface area contributed by atoms with Crippen molar-refractivity contribution in [1.29, 1.82) is 0 Å². The first-order valence-corrected chi connectivity index (χ1v) is 11.1. The zero-order valence-corrected chi connectivity index (χ0v) is 18.9. The number of benzene rings is 2. The number of anilines is 1. The molecule has 0 aliphatic carbocycles. The molecule has 2 heterocycles. The maximum Gasteiger partial charge on any atom is 0.234 e. The van der Waals surface area contributed by atoms with Crippen molar-refractivity contribution in [2.24, 2.45) is 0 Å². The third-order valence-electron chi connectivity index (χ3n) is 4.83. The van der Waals surface area contributed by atoms with Crippen LogP contribution in [0.5, 0.6) is 5.75 Å². The van der Waals surface area contributed by atoms with Crippen molar-refractivity contribution in [2.45, 2.75) is 19.0 Å². The molecule has 0 fully saturated rings. The third kappa shape index (κ3) is 4.65. The average molecular weight is 446 g/mol. The van der Waals surface area contributed by atoms with Crippen LogP contribution in [0, 0.1) is 13.8 Å². The Hall–Kier alpha value is -3.65. The predicted molar refractivity (Wildman–Crippen MR) is 126 cm³/mol. The summed E-state index contributed by atoms with van der Waals surface area (Å²) >= 11 is 1.32. The fourth-order valence-electron chi connectivity index (χ4n) is 3.36. The van der Waals surface area contributed by atoms with Gasteiger partial charge >= 0.3 is 0 Å². The SMILES string of the molecule is COc1ccccc1NC(=O)CSc1nnc(-c2ccccn2)n1-c1ccc(C)cc1C. The first-order chi connectivity index (χ1) is 15.6. The normalized spacial score (nSPS) is 10.7. The number of nitrogens with zero attached hydrogens (tertiary/aromatic N) is 4. The van der Waals surface area contributed by atoms with Gasteiger partial charge in [0.15, 0.2) is 11.0 Å². The number of nitrogens with one attached hydrogen (secondary N) is 1. The quantitative estimate of drug-likeness (QED) is 0.416. The number of hydrogen-bond acceptors (Lipinski definition) is 6. The summed E-state index contributed by atoms with van der Waals surface area (Å²) in [6, 6.07) is 19.2. The molecule has 0 atom stereocenters. The van der Waals surface area contributed by atoms with Crippen LogP contribution in [0.4, 0.5) is 5.69 Å². The second-order valence-electron chi connectivity index (χ2n) is 7.18. The number of methoxy groups -OCH3 is 1. The van der Waals surface area contributed by atoms with Crippen molar-refractivity contribution in [3.63, 3.8) is 0 Å². The summed E-state index contributed by atoms with van der Waals surface area (Å²) in [5, 5.41) is 12.3. The minimum Gasteiger partial charge on any atom is -0.495 e. The highest BCUT2D eigenvalue weighted by Crippen LogP contribution is 2.29. The van der Waals surface area contributed by atoms with E-state index in [9.17, 15) is 4.79 Å². The number of para-hydroxylation sites is 2. The van der Waals surface area contributed by atoms with Gasteiger partial charge in [-0.3, -0.25) is 14.3 Å². The molecule has 0 radical (unpaired) electrons. The van der Waals surface area contributed by atoms with Crippen LogP contribution in [0.1, 0.15) is 11.1 Å². The van der Waals surface area contributed by atoms with Gasteiger partial charge in [0, 0.05) is 6.20 Å². The van der Waals surface area contributed by atoms with Crippen LogP contribution < -0.4 is 10.1 Å². The number of rotatable bonds is 7. The molecule has 1 amide bonds. The van der Waals surface area contributed by atoms with E-state index in [-0.39, 0.29) is 11.7 Å². The molecule has 32 heavy (non-hydrogen) atoms. The van der Waals surface area contributed by atoms with Gasteiger partial charge in [-0.2, -0.15) is 0 Å². The lowest BCUT2D eigenvalue weighted by molar-refractivity contribution is -0.113. The zero-order chi connectivity index (χ0) is 22.5. The molecule has 1 N–H and O–H groups in total. The number of ether oxygens (including phenoxy) is 1. The first-order valence-electron chi connectivity index (χ1n) is 10.1. The molecule has 0 saturated carbocycles. The standard InChI is InChI=1S/C24H23N5O2S/c1-16-11-12-20(17(2)14-16)29-23(19-9-6-7-13-25-19)27-28-24(29)32-15-22(30)26-18-8-4-5-10-21(18)31-3/h4-14H,15H2,1-3H3,(H,26,30). The van der Waals surface area contributed by atoms with Gasteiger partial charge in [0.25, 0.3) is 0 Å². The molecule has 8 heteroatoms. The van der Waals surface area contributed by atoms with Crippen LogP contribution in [-0.2, 0) is 4.79 Å².